The van der Waals surface area contributed by atoms with Crippen molar-refractivity contribution in [1.29, 1.82) is 0 Å². The summed E-state index contributed by atoms with van der Waals surface area (Å²) < 4.78 is 12.9. The summed E-state index contributed by atoms with van der Waals surface area (Å²) in [6.07, 6.45) is 15.0. The van der Waals surface area contributed by atoms with E-state index in [0.29, 0.717) is 30.3 Å². The van der Waals surface area contributed by atoms with Crippen molar-refractivity contribution < 1.29 is 14.0 Å². The molecule has 0 heterocycles. The second-order valence-corrected chi connectivity index (χ2v) is 18.9. The average Bonchev–Trinajstić information content (AvgIpc) is 3.17. The molecule has 1 aromatic rings. The van der Waals surface area contributed by atoms with Gasteiger partial charge in [-0.1, -0.05) is 52.7 Å². The zero-order valence-electron chi connectivity index (χ0n) is 24.7. The third-order valence-electron chi connectivity index (χ3n) is 11.2. The summed E-state index contributed by atoms with van der Waals surface area (Å²) in [6, 6.07) is 6.83. The van der Waals surface area contributed by atoms with E-state index in [4.69, 9.17) is 9.16 Å². The predicted molar refractivity (Wildman–Crippen MR) is 157 cm³/mol. The summed E-state index contributed by atoms with van der Waals surface area (Å²) >= 11 is 0. The van der Waals surface area contributed by atoms with Crippen LogP contribution >= 0.6 is 0 Å². The van der Waals surface area contributed by atoms with Crippen LogP contribution in [0.1, 0.15) is 103 Å². The van der Waals surface area contributed by atoms with Crippen molar-refractivity contribution in [3.05, 3.63) is 42.0 Å². The standard InChI is InChI=1S/C33H52O3Si/c1-9-33-20-19-24-22-26(35-6)15-16-27(24)30(33)25(14-12-10-11-13-21-34)23-32(5)28(33)17-18-29(32)36-37(7,8)31(2,3)4/h9,15-16,21-22,25,28-30H,1,10-14,17-20,23H2,2-8H3/t25-,28+,29-,30+,32-,33-/m0/s1. The van der Waals surface area contributed by atoms with E-state index in [9.17, 15) is 4.79 Å². The lowest BCUT2D eigenvalue weighted by Crippen LogP contribution is -2.56. The van der Waals surface area contributed by atoms with E-state index in [2.05, 4.69) is 71.6 Å². The number of fused-ring (bicyclic) bond motifs is 5. The Bertz CT molecular complexity index is 978. The van der Waals surface area contributed by atoms with Gasteiger partial charge in [0.1, 0.15) is 12.0 Å². The van der Waals surface area contributed by atoms with Crippen LogP contribution in [-0.4, -0.2) is 27.8 Å². The molecule has 0 saturated heterocycles. The van der Waals surface area contributed by atoms with Crippen LogP contribution in [-0.2, 0) is 15.6 Å². The molecule has 0 aliphatic heterocycles. The molecule has 206 valence electrons. The van der Waals surface area contributed by atoms with Crippen LogP contribution in [0.4, 0.5) is 0 Å². The van der Waals surface area contributed by atoms with Gasteiger partial charge in [0.2, 0.25) is 0 Å². The number of hydrogen-bond donors (Lipinski definition) is 0. The molecule has 2 saturated carbocycles. The molecule has 0 aromatic heterocycles. The molecule has 3 aliphatic carbocycles. The van der Waals surface area contributed by atoms with Gasteiger partial charge in [0, 0.05) is 6.42 Å². The normalized spacial score (nSPS) is 33.3. The van der Waals surface area contributed by atoms with Crippen LogP contribution in [0.25, 0.3) is 0 Å². The van der Waals surface area contributed by atoms with Crippen molar-refractivity contribution in [2.75, 3.05) is 7.11 Å². The van der Waals surface area contributed by atoms with Gasteiger partial charge in [-0.3, -0.25) is 0 Å². The highest BCUT2D eigenvalue weighted by Crippen LogP contribution is 2.70. The Morgan fingerprint density at radius 3 is 2.57 bits per heavy atom. The molecule has 3 nitrogen and oxygen atoms in total. The Kier molecular flexibility index (Phi) is 8.23. The fourth-order valence-corrected chi connectivity index (χ4v) is 9.78. The van der Waals surface area contributed by atoms with Gasteiger partial charge in [-0.25, -0.2) is 0 Å². The molecule has 3 aliphatic rings. The number of carbonyl (C=O) groups excluding carboxylic acids is 1. The molecule has 6 atom stereocenters. The minimum Gasteiger partial charge on any atom is -0.497 e. The van der Waals surface area contributed by atoms with Gasteiger partial charge in [0.25, 0.3) is 0 Å². The number of ether oxygens (including phenoxy) is 1. The van der Waals surface area contributed by atoms with E-state index >= 15 is 0 Å². The maximum absolute atomic E-state index is 10.9. The number of carbonyl (C=O) groups is 1. The molecular weight excluding hydrogens is 472 g/mol. The smallest absolute Gasteiger partial charge is 0.192 e. The minimum absolute atomic E-state index is 0.119. The molecule has 0 spiro atoms. The first-order valence-corrected chi connectivity index (χ1v) is 17.8. The third-order valence-corrected chi connectivity index (χ3v) is 15.7. The number of allylic oxidation sites excluding steroid dienone is 1. The lowest BCUT2D eigenvalue weighted by atomic mass is 9.44. The highest BCUT2D eigenvalue weighted by molar-refractivity contribution is 6.74. The van der Waals surface area contributed by atoms with Gasteiger partial charge < -0.3 is 14.0 Å². The van der Waals surface area contributed by atoms with E-state index in [1.165, 1.54) is 44.1 Å². The van der Waals surface area contributed by atoms with Gasteiger partial charge in [0.15, 0.2) is 8.32 Å². The first kappa shape index (κ1) is 28.6. The van der Waals surface area contributed by atoms with E-state index in [1.807, 2.05) is 0 Å². The molecule has 0 N–H and O–H groups in total. The second kappa shape index (κ2) is 10.6. The fourth-order valence-electron chi connectivity index (χ4n) is 8.33. The number of hydrogen-bond acceptors (Lipinski definition) is 3. The Morgan fingerprint density at radius 1 is 1.16 bits per heavy atom. The molecule has 37 heavy (non-hydrogen) atoms. The molecule has 0 radical (unpaired) electrons. The number of aryl methyl sites for hydroxylation is 1. The first-order chi connectivity index (χ1) is 17.4. The molecule has 0 amide bonds. The summed E-state index contributed by atoms with van der Waals surface area (Å²) in [5.74, 6) is 2.69. The van der Waals surface area contributed by atoms with Crippen molar-refractivity contribution in [1.82, 2.24) is 0 Å². The highest BCUT2D eigenvalue weighted by atomic mass is 28.4. The maximum atomic E-state index is 10.9. The number of benzene rings is 1. The van der Waals surface area contributed by atoms with Crippen LogP contribution in [0, 0.1) is 22.7 Å². The zero-order chi connectivity index (χ0) is 27.1. The molecule has 2 fully saturated rings. The Balaban J connectivity index is 1.72. The summed E-state index contributed by atoms with van der Waals surface area (Å²) in [6.45, 7) is 19.1. The largest absolute Gasteiger partial charge is 0.497 e. The minimum atomic E-state index is -1.87. The van der Waals surface area contributed by atoms with Crippen LogP contribution in [0.5, 0.6) is 5.75 Å². The number of methoxy groups -OCH3 is 1. The molecule has 4 rings (SSSR count). The highest BCUT2D eigenvalue weighted by Gasteiger charge is 2.64. The van der Waals surface area contributed by atoms with Gasteiger partial charge in [-0.2, -0.15) is 0 Å². The van der Waals surface area contributed by atoms with E-state index in [-0.39, 0.29) is 15.9 Å². The first-order valence-electron chi connectivity index (χ1n) is 14.9. The second-order valence-electron chi connectivity index (χ2n) is 14.1. The summed E-state index contributed by atoms with van der Waals surface area (Å²) in [5.41, 5.74) is 3.31. The summed E-state index contributed by atoms with van der Waals surface area (Å²) in [7, 11) is -0.103. The van der Waals surface area contributed by atoms with Gasteiger partial charge in [-0.05, 0) is 115 Å². The Morgan fingerprint density at radius 2 is 1.92 bits per heavy atom. The molecule has 0 bridgehead atoms. The predicted octanol–water partition coefficient (Wildman–Crippen LogP) is 8.87. The lowest BCUT2D eigenvalue weighted by Gasteiger charge is -2.61. The number of aldehydes is 1. The number of rotatable bonds is 10. The van der Waals surface area contributed by atoms with Crippen molar-refractivity contribution >= 4 is 14.6 Å². The van der Waals surface area contributed by atoms with Crippen LogP contribution in [0.3, 0.4) is 0 Å². The van der Waals surface area contributed by atoms with Gasteiger partial charge in [-0.15, -0.1) is 6.58 Å². The average molecular weight is 525 g/mol. The van der Waals surface area contributed by atoms with Crippen molar-refractivity contribution in [3.63, 3.8) is 0 Å². The van der Waals surface area contributed by atoms with Crippen molar-refractivity contribution in [2.24, 2.45) is 22.7 Å². The summed E-state index contributed by atoms with van der Waals surface area (Å²) in [5, 5.41) is 0.218. The number of unbranched alkanes of at least 4 members (excludes halogenated alkanes) is 3. The van der Waals surface area contributed by atoms with Crippen LogP contribution in [0.2, 0.25) is 18.1 Å². The van der Waals surface area contributed by atoms with Crippen molar-refractivity contribution in [3.8, 4) is 5.75 Å². The topological polar surface area (TPSA) is 35.5 Å². The van der Waals surface area contributed by atoms with Crippen LogP contribution < -0.4 is 4.74 Å². The lowest BCUT2D eigenvalue weighted by molar-refractivity contribution is -0.107. The quantitative estimate of drug-likeness (QED) is 0.133. The SMILES string of the molecule is C=C[C@@]12CCc3cc(OC)ccc3[C@H]1[C@@H](CCCCCC=O)C[C@]1(C)[C@@H](O[Si](C)(C)C(C)(C)C)CC[C@H]12. The Labute approximate surface area is 227 Å². The van der Waals surface area contributed by atoms with Gasteiger partial charge in [0.05, 0.1) is 13.2 Å². The summed E-state index contributed by atoms with van der Waals surface area (Å²) in [4.78, 5) is 10.9. The zero-order valence-corrected chi connectivity index (χ0v) is 25.7. The molecule has 1 aromatic carbocycles. The van der Waals surface area contributed by atoms with E-state index in [1.54, 1.807) is 12.7 Å². The molecule has 0 unspecified atom stereocenters. The molecular formula is C33H52O3Si. The van der Waals surface area contributed by atoms with Gasteiger partial charge >= 0.3 is 0 Å². The van der Waals surface area contributed by atoms with E-state index in [0.717, 1.165) is 31.3 Å². The maximum Gasteiger partial charge on any atom is 0.192 e. The fraction of sp³-hybridized carbons (Fsp3) is 0.727. The third kappa shape index (κ3) is 5.02. The van der Waals surface area contributed by atoms with E-state index < -0.39 is 8.32 Å². The monoisotopic (exact) mass is 524 g/mol. The van der Waals surface area contributed by atoms with Crippen LogP contribution in [0.15, 0.2) is 30.9 Å². The Hall–Kier alpha value is -1.39. The molecule has 4 heteroatoms. The van der Waals surface area contributed by atoms with Crippen molar-refractivity contribution in [2.45, 2.75) is 122 Å².